The molecule has 3 aromatic carbocycles. The Morgan fingerprint density at radius 2 is 1.42 bits per heavy atom. The number of hydrogen-bond donors (Lipinski definition) is 0. The zero-order valence-corrected chi connectivity index (χ0v) is 14.5. The fourth-order valence-corrected chi connectivity index (χ4v) is 3.38. The molecule has 1 unspecified atom stereocenters. The van der Waals surface area contributed by atoms with Crippen molar-refractivity contribution < 1.29 is 23.1 Å². The summed E-state index contributed by atoms with van der Waals surface area (Å²) in [6.07, 6.45) is 0. The van der Waals surface area contributed by atoms with Gasteiger partial charge >= 0.3 is 0 Å². The fraction of sp³-hybridized carbons (Fsp3) is 0.0526. The third kappa shape index (κ3) is 2.72. The molecule has 0 fully saturated rings. The highest BCUT2D eigenvalue weighted by molar-refractivity contribution is 7.80. The molecule has 3 aromatic rings. The second-order valence-electron chi connectivity index (χ2n) is 5.80. The zero-order chi connectivity index (χ0) is 18.3. The number of benzene rings is 3. The molecule has 26 heavy (non-hydrogen) atoms. The summed E-state index contributed by atoms with van der Waals surface area (Å²) in [5.41, 5.74) is 1.64. The lowest BCUT2D eigenvalue weighted by molar-refractivity contribution is -0.313. The molecule has 0 saturated heterocycles. The quantitative estimate of drug-likeness (QED) is 0.402. The molecule has 0 radical (unpaired) electrons. The lowest BCUT2D eigenvalue weighted by Crippen LogP contribution is -2.40. The highest BCUT2D eigenvalue weighted by atomic mass is 32.2. The highest BCUT2D eigenvalue weighted by Gasteiger charge is 2.35. The van der Waals surface area contributed by atoms with Crippen LogP contribution in [0.1, 0.15) is 26.3 Å². The van der Waals surface area contributed by atoms with Crippen molar-refractivity contribution in [3.8, 4) is 0 Å². The Bertz CT molecular complexity index is 1010. The largest absolute Gasteiger partial charge is 0.288 e. The number of carbonyl (C=O) groups is 2. The van der Waals surface area contributed by atoms with Crippen molar-refractivity contribution in [3.05, 3.63) is 77.4 Å². The van der Waals surface area contributed by atoms with Gasteiger partial charge in [0.2, 0.25) is 11.1 Å². The van der Waals surface area contributed by atoms with Crippen LogP contribution in [-0.4, -0.2) is 21.1 Å². The van der Waals surface area contributed by atoms with Crippen molar-refractivity contribution in [3.63, 3.8) is 0 Å². The summed E-state index contributed by atoms with van der Waals surface area (Å²) in [6, 6.07) is 17.1. The molecule has 4 rings (SSSR count). The minimum atomic E-state index is -1.99. The van der Waals surface area contributed by atoms with E-state index in [1.165, 1.54) is 0 Å². The average molecular weight is 367 g/mol. The third-order valence-corrected chi connectivity index (χ3v) is 4.96. The van der Waals surface area contributed by atoms with Gasteiger partial charge in [-0.3, -0.25) is 9.59 Å². The first-order valence-electron chi connectivity index (χ1n) is 7.80. The van der Waals surface area contributed by atoms with E-state index in [0.29, 0.717) is 26.5 Å². The second-order valence-corrected chi connectivity index (χ2v) is 6.88. The van der Waals surface area contributed by atoms with Gasteiger partial charge in [0.15, 0.2) is 0 Å². The van der Waals surface area contributed by atoms with Gasteiger partial charge in [-0.15, -0.1) is 9.40 Å². The lowest BCUT2D eigenvalue weighted by atomic mass is 9.95. The van der Waals surface area contributed by atoms with Crippen LogP contribution in [0.2, 0.25) is 0 Å². The topological polar surface area (TPSA) is 72.9 Å². The normalized spacial score (nSPS) is 14.7. The maximum atomic E-state index is 12.6. The SMILES string of the molecule is Cc1ccc(S(=O)OON2C(=O)c3cccc4cccc(c34)C2=O)cc1. The smallest absolute Gasteiger partial charge is 0.266 e. The van der Waals surface area contributed by atoms with Gasteiger partial charge in [0.1, 0.15) is 0 Å². The van der Waals surface area contributed by atoms with Crippen molar-refractivity contribution in [1.29, 1.82) is 0 Å². The van der Waals surface area contributed by atoms with Gasteiger partial charge in [-0.1, -0.05) is 46.9 Å². The molecule has 0 aromatic heterocycles. The van der Waals surface area contributed by atoms with Crippen molar-refractivity contribution in [2.75, 3.05) is 0 Å². The molecule has 6 nitrogen and oxygen atoms in total. The number of carbonyl (C=O) groups excluding carboxylic acids is 2. The number of nitrogens with zero attached hydrogens (tertiary/aromatic N) is 1. The van der Waals surface area contributed by atoms with E-state index in [9.17, 15) is 13.8 Å². The number of hydroxylamine groups is 2. The molecule has 7 heteroatoms. The molecule has 0 bridgehead atoms. The molecular formula is C19H13NO5S. The van der Waals surface area contributed by atoms with Crippen LogP contribution in [-0.2, 0) is 20.4 Å². The van der Waals surface area contributed by atoms with Crippen LogP contribution in [0.25, 0.3) is 10.8 Å². The molecule has 1 aliphatic heterocycles. The number of aryl methyl sites for hydroxylation is 1. The summed E-state index contributed by atoms with van der Waals surface area (Å²) < 4.78 is 17.0. The Morgan fingerprint density at radius 1 is 0.846 bits per heavy atom. The Hall–Kier alpha value is -2.87. The molecule has 130 valence electrons. The first kappa shape index (κ1) is 16.6. The first-order chi connectivity index (χ1) is 12.6. The van der Waals surface area contributed by atoms with Crippen LogP contribution in [0, 0.1) is 6.92 Å². The van der Waals surface area contributed by atoms with Gasteiger partial charge in [0.25, 0.3) is 11.8 Å². The summed E-state index contributed by atoms with van der Waals surface area (Å²) >= 11 is -1.99. The summed E-state index contributed by atoms with van der Waals surface area (Å²) in [5.74, 6) is -1.33. The zero-order valence-electron chi connectivity index (χ0n) is 13.7. The van der Waals surface area contributed by atoms with E-state index in [0.717, 1.165) is 10.9 Å². The van der Waals surface area contributed by atoms with Gasteiger partial charge in [0.05, 0.1) is 16.0 Å². The first-order valence-corrected chi connectivity index (χ1v) is 8.88. The van der Waals surface area contributed by atoms with Crippen molar-refractivity contribution in [1.82, 2.24) is 5.06 Å². The summed E-state index contributed by atoms with van der Waals surface area (Å²) in [7, 11) is 0. The van der Waals surface area contributed by atoms with Crippen LogP contribution < -0.4 is 0 Å². The van der Waals surface area contributed by atoms with E-state index >= 15 is 0 Å². The molecule has 2 amide bonds. The van der Waals surface area contributed by atoms with Gasteiger partial charge in [-0.25, -0.2) is 4.21 Å². The monoisotopic (exact) mass is 367 g/mol. The lowest BCUT2D eigenvalue weighted by Gasteiger charge is -2.24. The molecule has 0 N–H and O–H groups in total. The second kappa shape index (κ2) is 6.45. The van der Waals surface area contributed by atoms with Crippen LogP contribution >= 0.6 is 0 Å². The maximum Gasteiger partial charge on any atom is 0.288 e. The maximum absolute atomic E-state index is 12.6. The highest BCUT2D eigenvalue weighted by Crippen LogP contribution is 2.30. The minimum Gasteiger partial charge on any atom is -0.266 e. The Morgan fingerprint density at radius 3 is 2.00 bits per heavy atom. The van der Waals surface area contributed by atoms with Crippen molar-refractivity contribution in [2.45, 2.75) is 11.8 Å². The van der Waals surface area contributed by atoms with Gasteiger partial charge in [0, 0.05) is 5.39 Å². The summed E-state index contributed by atoms with van der Waals surface area (Å²) in [5, 5.41) is 1.85. The van der Waals surface area contributed by atoms with Gasteiger partial charge in [-0.05, 0) is 36.6 Å². The van der Waals surface area contributed by atoms with E-state index in [1.54, 1.807) is 48.5 Å². The summed E-state index contributed by atoms with van der Waals surface area (Å²) in [6.45, 7) is 1.90. The molecule has 1 heterocycles. The Balaban J connectivity index is 1.60. The Labute approximate surface area is 151 Å². The minimum absolute atomic E-state index is 0.322. The number of amides is 2. The van der Waals surface area contributed by atoms with E-state index < -0.39 is 22.9 Å². The predicted molar refractivity (Wildman–Crippen MR) is 94.2 cm³/mol. The third-order valence-electron chi connectivity index (χ3n) is 4.11. The summed E-state index contributed by atoms with van der Waals surface area (Å²) in [4.78, 5) is 30.4. The average Bonchev–Trinajstić information content (AvgIpc) is 2.66. The Kier molecular flexibility index (Phi) is 4.12. The molecule has 1 atom stereocenters. The van der Waals surface area contributed by atoms with Gasteiger partial charge in [-0.2, -0.15) is 0 Å². The molecule has 0 spiro atoms. The van der Waals surface area contributed by atoms with E-state index in [1.807, 2.05) is 19.1 Å². The molecule has 0 saturated carbocycles. The molecule has 1 aliphatic rings. The van der Waals surface area contributed by atoms with Crippen LogP contribution in [0.5, 0.6) is 0 Å². The van der Waals surface area contributed by atoms with Crippen LogP contribution in [0.15, 0.2) is 65.6 Å². The number of imide groups is 1. The van der Waals surface area contributed by atoms with E-state index in [4.69, 9.17) is 9.32 Å². The van der Waals surface area contributed by atoms with Crippen molar-refractivity contribution in [2.24, 2.45) is 0 Å². The molecule has 0 aliphatic carbocycles. The predicted octanol–water partition coefficient (Wildman–Crippen LogP) is 3.33. The standard InChI is InChI=1S/C19H13NO5S/c1-12-8-10-14(11-9-12)26(23)25-24-20-18(21)15-6-2-4-13-5-3-7-16(17(13)15)19(20)22/h2-11H,1H3. The van der Waals surface area contributed by atoms with Crippen molar-refractivity contribution >= 4 is 33.7 Å². The fourth-order valence-electron chi connectivity index (χ4n) is 2.82. The van der Waals surface area contributed by atoms with E-state index in [-0.39, 0.29) is 0 Å². The van der Waals surface area contributed by atoms with Gasteiger partial charge < -0.3 is 0 Å². The number of rotatable bonds is 4. The van der Waals surface area contributed by atoms with E-state index in [2.05, 4.69) is 0 Å². The molecular weight excluding hydrogens is 354 g/mol. The van der Waals surface area contributed by atoms with Crippen LogP contribution in [0.4, 0.5) is 0 Å². The van der Waals surface area contributed by atoms with Crippen LogP contribution in [0.3, 0.4) is 0 Å². The number of hydrogen-bond acceptors (Lipinski definition) is 5.